The molecule has 0 aromatic heterocycles. The van der Waals surface area contributed by atoms with Crippen LogP contribution in [0.4, 0.5) is 4.39 Å². The fourth-order valence-electron chi connectivity index (χ4n) is 1.93. The van der Waals surface area contributed by atoms with Gasteiger partial charge in [0.2, 0.25) is 0 Å². The van der Waals surface area contributed by atoms with Gasteiger partial charge in [0.05, 0.1) is 0 Å². The maximum atomic E-state index is 12.8. The molecule has 0 aliphatic rings. The molecule has 0 spiro atoms. The van der Waals surface area contributed by atoms with E-state index in [1.807, 2.05) is 12.1 Å². The number of nitrogens with two attached hydrogens (primary N) is 1. The number of phenolic OH excluding ortho intramolecular Hbond substituents is 1. The minimum Gasteiger partial charge on any atom is -0.508 e. The molecule has 2 nitrogen and oxygen atoms in total. The van der Waals surface area contributed by atoms with Crippen LogP contribution in [0, 0.1) is 5.82 Å². The number of halogens is 1. The molecule has 0 heterocycles. The number of hydrogen-bond acceptors (Lipinski definition) is 2. The Morgan fingerprint density at radius 1 is 0.889 bits per heavy atom. The van der Waals surface area contributed by atoms with Crippen LogP contribution in [0.2, 0.25) is 0 Å². The van der Waals surface area contributed by atoms with Crippen molar-refractivity contribution in [2.45, 2.75) is 18.9 Å². The Bertz CT molecular complexity index is 445. The van der Waals surface area contributed by atoms with Crippen LogP contribution in [0.1, 0.15) is 11.1 Å². The predicted octanol–water partition coefficient (Wildman–Crippen LogP) is 2.64. The summed E-state index contributed by atoms with van der Waals surface area (Å²) < 4.78 is 12.8. The van der Waals surface area contributed by atoms with E-state index in [0.29, 0.717) is 6.42 Å². The van der Waals surface area contributed by atoms with Crippen LogP contribution in [0.3, 0.4) is 0 Å². The first kappa shape index (κ1) is 12.6. The Hall–Kier alpha value is -1.87. The minimum absolute atomic E-state index is 0.0139. The van der Waals surface area contributed by atoms with E-state index >= 15 is 0 Å². The van der Waals surface area contributed by atoms with Gasteiger partial charge in [-0.25, -0.2) is 4.39 Å². The van der Waals surface area contributed by atoms with Crippen molar-refractivity contribution in [3.05, 3.63) is 65.5 Å². The first-order chi connectivity index (χ1) is 8.63. The van der Waals surface area contributed by atoms with Gasteiger partial charge in [0.25, 0.3) is 0 Å². The van der Waals surface area contributed by atoms with Crippen molar-refractivity contribution in [2.24, 2.45) is 5.73 Å². The summed E-state index contributed by atoms with van der Waals surface area (Å²) in [7, 11) is 0. The molecule has 0 fully saturated rings. The Morgan fingerprint density at radius 2 is 1.33 bits per heavy atom. The number of phenols is 1. The third-order valence-electron chi connectivity index (χ3n) is 2.85. The van der Waals surface area contributed by atoms with Crippen molar-refractivity contribution in [1.29, 1.82) is 0 Å². The van der Waals surface area contributed by atoms with Gasteiger partial charge in [0.15, 0.2) is 0 Å². The van der Waals surface area contributed by atoms with Gasteiger partial charge in [-0.05, 0) is 48.2 Å². The summed E-state index contributed by atoms with van der Waals surface area (Å²) >= 11 is 0. The summed E-state index contributed by atoms with van der Waals surface area (Å²) in [6, 6.07) is 13.4. The van der Waals surface area contributed by atoms with E-state index in [2.05, 4.69) is 0 Å². The van der Waals surface area contributed by atoms with Crippen LogP contribution in [0.15, 0.2) is 48.5 Å². The van der Waals surface area contributed by atoms with Crippen LogP contribution < -0.4 is 5.73 Å². The second-order valence-electron chi connectivity index (χ2n) is 4.46. The monoisotopic (exact) mass is 245 g/mol. The van der Waals surface area contributed by atoms with Gasteiger partial charge < -0.3 is 10.8 Å². The molecule has 1 atom stereocenters. The molecule has 0 saturated carbocycles. The predicted molar refractivity (Wildman–Crippen MR) is 69.9 cm³/mol. The summed E-state index contributed by atoms with van der Waals surface area (Å²) in [5, 5.41) is 9.19. The smallest absolute Gasteiger partial charge is 0.123 e. The Labute approximate surface area is 106 Å². The van der Waals surface area contributed by atoms with Gasteiger partial charge in [0, 0.05) is 6.04 Å². The maximum absolute atomic E-state index is 12.8. The SMILES string of the molecule is NC(Cc1ccc(O)cc1)Cc1ccc(F)cc1. The first-order valence-electron chi connectivity index (χ1n) is 5.91. The second-order valence-corrected chi connectivity index (χ2v) is 4.46. The number of aromatic hydroxyl groups is 1. The molecule has 0 saturated heterocycles. The molecule has 2 rings (SSSR count). The van der Waals surface area contributed by atoms with Crippen LogP contribution in [0.5, 0.6) is 5.75 Å². The highest BCUT2D eigenvalue weighted by molar-refractivity contribution is 5.27. The Kier molecular flexibility index (Phi) is 3.95. The van der Waals surface area contributed by atoms with E-state index in [9.17, 15) is 9.50 Å². The van der Waals surface area contributed by atoms with E-state index < -0.39 is 0 Å². The zero-order valence-corrected chi connectivity index (χ0v) is 10.0. The van der Waals surface area contributed by atoms with Gasteiger partial charge in [0.1, 0.15) is 11.6 Å². The minimum atomic E-state index is -0.231. The van der Waals surface area contributed by atoms with Crippen molar-refractivity contribution in [1.82, 2.24) is 0 Å². The van der Waals surface area contributed by atoms with Gasteiger partial charge in [-0.2, -0.15) is 0 Å². The van der Waals surface area contributed by atoms with Crippen molar-refractivity contribution in [3.63, 3.8) is 0 Å². The molecule has 94 valence electrons. The lowest BCUT2D eigenvalue weighted by Gasteiger charge is -2.11. The number of benzene rings is 2. The third kappa shape index (κ3) is 3.57. The highest BCUT2D eigenvalue weighted by Crippen LogP contribution is 2.12. The standard InChI is InChI=1S/C15H16FNO/c16-13-5-1-11(2-6-13)9-14(17)10-12-3-7-15(18)8-4-12/h1-8,14,18H,9-10,17H2. The summed E-state index contributed by atoms with van der Waals surface area (Å²) in [6.07, 6.45) is 1.44. The highest BCUT2D eigenvalue weighted by atomic mass is 19.1. The zero-order chi connectivity index (χ0) is 13.0. The van der Waals surface area contributed by atoms with E-state index in [0.717, 1.165) is 17.5 Å². The van der Waals surface area contributed by atoms with Crippen LogP contribution in [-0.4, -0.2) is 11.1 Å². The van der Waals surface area contributed by atoms with Gasteiger partial charge in [-0.1, -0.05) is 24.3 Å². The summed E-state index contributed by atoms with van der Waals surface area (Å²) in [4.78, 5) is 0. The lowest BCUT2D eigenvalue weighted by molar-refractivity contribution is 0.475. The van der Waals surface area contributed by atoms with Gasteiger partial charge in [-0.15, -0.1) is 0 Å². The molecule has 1 unspecified atom stereocenters. The van der Waals surface area contributed by atoms with Crippen LogP contribution in [-0.2, 0) is 12.8 Å². The van der Waals surface area contributed by atoms with E-state index in [1.54, 1.807) is 24.3 Å². The molecule has 18 heavy (non-hydrogen) atoms. The van der Waals surface area contributed by atoms with Gasteiger partial charge >= 0.3 is 0 Å². The fraction of sp³-hybridized carbons (Fsp3) is 0.200. The zero-order valence-electron chi connectivity index (χ0n) is 10.0. The summed E-state index contributed by atoms with van der Waals surface area (Å²) in [5.74, 6) is 0.0247. The Morgan fingerprint density at radius 3 is 1.83 bits per heavy atom. The average molecular weight is 245 g/mol. The molecule has 0 bridgehead atoms. The molecule has 2 aromatic rings. The largest absolute Gasteiger partial charge is 0.508 e. The quantitative estimate of drug-likeness (QED) is 0.869. The maximum Gasteiger partial charge on any atom is 0.123 e. The van der Waals surface area contributed by atoms with Crippen molar-refractivity contribution < 1.29 is 9.50 Å². The Balaban J connectivity index is 1.94. The van der Waals surface area contributed by atoms with Crippen LogP contribution >= 0.6 is 0 Å². The lowest BCUT2D eigenvalue weighted by atomic mass is 10.00. The van der Waals surface area contributed by atoms with E-state index in [4.69, 9.17) is 5.73 Å². The molecule has 0 radical (unpaired) electrons. The lowest BCUT2D eigenvalue weighted by Crippen LogP contribution is -2.25. The van der Waals surface area contributed by atoms with Crippen molar-refractivity contribution >= 4 is 0 Å². The van der Waals surface area contributed by atoms with Crippen molar-refractivity contribution in [2.75, 3.05) is 0 Å². The molecule has 0 aliphatic carbocycles. The van der Waals surface area contributed by atoms with Gasteiger partial charge in [-0.3, -0.25) is 0 Å². The molecule has 3 N–H and O–H groups in total. The summed E-state index contributed by atoms with van der Waals surface area (Å²) in [5.41, 5.74) is 8.17. The molecule has 2 aromatic carbocycles. The second kappa shape index (κ2) is 5.65. The van der Waals surface area contributed by atoms with E-state index in [-0.39, 0.29) is 17.6 Å². The normalized spacial score (nSPS) is 12.3. The third-order valence-corrected chi connectivity index (χ3v) is 2.85. The average Bonchev–Trinajstić information content (AvgIpc) is 2.35. The number of hydrogen-bond donors (Lipinski definition) is 2. The summed E-state index contributed by atoms with van der Waals surface area (Å²) in [6.45, 7) is 0. The van der Waals surface area contributed by atoms with Crippen LogP contribution in [0.25, 0.3) is 0 Å². The molecular weight excluding hydrogens is 229 g/mol. The fourth-order valence-corrected chi connectivity index (χ4v) is 1.93. The first-order valence-corrected chi connectivity index (χ1v) is 5.91. The number of rotatable bonds is 4. The van der Waals surface area contributed by atoms with Crippen molar-refractivity contribution in [3.8, 4) is 5.75 Å². The highest BCUT2D eigenvalue weighted by Gasteiger charge is 2.06. The molecule has 0 aliphatic heterocycles. The molecule has 0 amide bonds. The topological polar surface area (TPSA) is 46.2 Å². The molecule has 3 heteroatoms. The molecular formula is C15H16FNO. The van der Waals surface area contributed by atoms with E-state index in [1.165, 1.54) is 12.1 Å².